The Kier molecular flexibility index (Phi) is 4.47. The Morgan fingerprint density at radius 2 is 2.16 bits per heavy atom. The largest absolute Gasteiger partial charge is 0.388 e. The van der Waals surface area contributed by atoms with Crippen molar-refractivity contribution in [1.29, 1.82) is 0 Å². The van der Waals surface area contributed by atoms with E-state index in [9.17, 15) is 14.3 Å². The Labute approximate surface area is 116 Å². The average molecular weight is 283 g/mol. The van der Waals surface area contributed by atoms with E-state index in [2.05, 4.69) is 5.32 Å². The zero-order valence-corrected chi connectivity index (χ0v) is 11.7. The first-order valence-corrected chi connectivity index (χ1v) is 7.50. The van der Waals surface area contributed by atoms with E-state index in [0.717, 1.165) is 17.1 Å². The summed E-state index contributed by atoms with van der Waals surface area (Å²) in [5, 5.41) is 12.9. The Morgan fingerprint density at radius 1 is 1.47 bits per heavy atom. The molecule has 104 valence electrons. The third-order valence-electron chi connectivity index (χ3n) is 3.37. The highest BCUT2D eigenvalue weighted by atomic mass is 32.2. The van der Waals surface area contributed by atoms with E-state index in [1.54, 1.807) is 17.8 Å². The molecule has 1 fully saturated rings. The average Bonchev–Trinajstić information content (AvgIpc) is 2.40. The highest BCUT2D eigenvalue weighted by molar-refractivity contribution is 7.99. The molecule has 1 aliphatic rings. The van der Waals surface area contributed by atoms with E-state index in [1.807, 2.05) is 6.92 Å². The van der Waals surface area contributed by atoms with Crippen LogP contribution in [-0.2, 0) is 0 Å². The van der Waals surface area contributed by atoms with E-state index in [0.29, 0.717) is 12.8 Å². The van der Waals surface area contributed by atoms with Crippen molar-refractivity contribution in [2.24, 2.45) is 0 Å². The molecule has 1 aromatic rings. The molecular weight excluding hydrogens is 265 g/mol. The molecule has 1 aliphatic heterocycles. The Balaban J connectivity index is 1.99. The monoisotopic (exact) mass is 283 g/mol. The smallest absolute Gasteiger partial charge is 0.254 e. The fourth-order valence-electron chi connectivity index (χ4n) is 2.08. The number of hydrogen-bond acceptors (Lipinski definition) is 3. The number of carbonyl (C=O) groups is 1. The van der Waals surface area contributed by atoms with E-state index in [4.69, 9.17) is 0 Å². The molecule has 1 amide bonds. The summed E-state index contributed by atoms with van der Waals surface area (Å²) in [4.78, 5) is 11.9. The third kappa shape index (κ3) is 3.70. The lowest BCUT2D eigenvalue weighted by Gasteiger charge is -2.31. The van der Waals surface area contributed by atoms with Gasteiger partial charge in [-0.25, -0.2) is 4.39 Å². The molecule has 2 N–H and O–H groups in total. The first-order chi connectivity index (χ1) is 9.00. The Bertz CT molecular complexity index is 473. The van der Waals surface area contributed by atoms with Crippen molar-refractivity contribution in [1.82, 2.24) is 5.32 Å². The highest BCUT2D eigenvalue weighted by Crippen LogP contribution is 2.26. The van der Waals surface area contributed by atoms with Crippen molar-refractivity contribution in [2.75, 3.05) is 18.1 Å². The lowest BCUT2D eigenvalue weighted by atomic mass is 9.96. The molecule has 1 saturated heterocycles. The van der Waals surface area contributed by atoms with Gasteiger partial charge in [0.05, 0.1) is 11.2 Å². The first-order valence-electron chi connectivity index (χ1n) is 6.35. The number of amides is 1. The number of hydrogen-bond donors (Lipinski definition) is 2. The number of aliphatic hydroxyl groups is 1. The van der Waals surface area contributed by atoms with Crippen molar-refractivity contribution in [3.05, 3.63) is 35.1 Å². The molecule has 2 rings (SSSR count). The second-order valence-corrected chi connectivity index (χ2v) is 6.23. The molecule has 0 aromatic heterocycles. The summed E-state index contributed by atoms with van der Waals surface area (Å²) in [5.41, 5.74) is 0.0226. The predicted octanol–water partition coefficient (Wildman–Crippen LogP) is 2.12. The topological polar surface area (TPSA) is 49.3 Å². The van der Waals surface area contributed by atoms with E-state index in [-0.39, 0.29) is 12.1 Å². The van der Waals surface area contributed by atoms with Crippen molar-refractivity contribution in [2.45, 2.75) is 25.4 Å². The molecule has 0 saturated carbocycles. The number of rotatable bonds is 3. The van der Waals surface area contributed by atoms with Gasteiger partial charge in [0.15, 0.2) is 0 Å². The van der Waals surface area contributed by atoms with Crippen LogP contribution in [0.2, 0.25) is 0 Å². The maximum atomic E-state index is 13.6. The zero-order valence-electron chi connectivity index (χ0n) is 10.9. The number of thioether (sulfide) groups is 1. The minimum atomic E-state index is -0.846. The van der Waals surface area contributed by atoms with Crippen LogP contribution in [0.15, 0.2) is 18.2 Å². The number of aryl methyl sites for hydroxylation is 1. The van der Waals surface area contributed by atoms with Gasteiger partial charge >= 0.3 is 0 Å². The second kappa shape index (κ2) is 5.92. The van der Waals surface area contributed by atoms with Crippen LogP contribution in [0.25, 0.3) is 0 Å². The molecule has 0 radical (unpaired) electrons. The molecular formula is C14H18FNO2S. The van der Waals surface area contributed by atoms with E-state index in [1.165, 1.54) is 12.1 Å². The quantitative estimate of drug-likeness (QED) is 0.893. The maximum Gasteiger partial charge on any atom is 0.254 e. The van der Waals surface area contributed by atoms with Crippen molar-refractivity contribution >= 4 is 17.7 Å². The molecule has 3 nitrogen and oxygen atoms in total. The van der Waals surface area contributed by atoms with Gasteiger partial charge in [0.1, 0.15) is 5.82 Å². The number of benzene rings is 1. The number of carbonyl (C=O) groups excluding carboxylic acids is 1. The van der Waals surface area contributed by atoms with Crippen LogP contribution in [0.3, 0.4) is 0 Å². The van der Waals surface area contributed by atoms with Crippen LogP contribution in [0.1, 0.15) is 28.8 Å². The summed E-state index contributed by atoms with van der Waals surface area (Å²) >= 11 is 1.80. The summed E-state index contributed by atoms with van der Waals surface area (Å²) in [6, 6.07) is 4.43. The molecule has 0 spiro atoms. The summed E-state index contributed by atoms with van der Waals surface area (Å²) in [5.74, 6) is 0.790. The molecule has 19 heavy (non-hydrogen) atoms. The normalized spacial score (nSPS) is 18.1. The summed E-state index contributed by atoms with van der Waals surface area (Å²) in [7, 11) is 0. The van der Waals surface area contributed by atoms with Crippen LogP contribution in [0.5, 0.6) is 0 Å². The highest BCUT2D eigenvalue weighted by Gasteiger charge is 2.30. The lowest BCUT2D eigenvalue weighted by molar-refractivity contribution is 0.0310. The van der Waals surface area contributed by atoms with Gasteiger partial charge in [-0.1, -0.05) is 11.6 Å². The molecule has 0 aliphatic carbocycles. The zero-order chi connectivity index (χ0) is 13.9. The van der Waals surface area contributed by atoms with Gasteiger partial charge in [-0.15, -0.1) is 0 Å². The van der Waals surface area contributed by atoms with Gasteiger partial charge in [0, 0.05) is 6.54 Å². The van der Waals surface area contributed by atoms with Gasteiger partial charge in [-0.3, -0.25) is 4.79 Å². The van der Waals surface area contributed by atoms with Gasteiger partial charge in [-0.05, 0) is 43.4 Å². The molecule has 5 heteroatoms. The molecule has 0 bridgehead atoms. The third-order valence-corrected chi connectivity index (χ3v) is 4.35. The number of halogens is 1. The summed E-state index contributed by atoms with van der Waals surface area (Å²) < 4.78 is 13.6. The SMILES string of the molecule is Cc1ccc(F)c(C(=O)NCC2(O)CCSCC2)c1. The molecule has 0 unspecified atom stereocenters. The van der Waals surface area contributed by atoms with Crippen LogP contribution in [0, 0.1) is 12.7 Å². The van der Waals surface area contributed by atoms with Crippen molar-refractivity contribution in [3.8, 4) is 0 Å². The standard InChI is InChI=1S/C14H18FNO2S/c1-10-2-3-12(15)11(8-10)13(17)16-9-14(18)4-6-19-7-5-14/h2-3,8,18H,4-7,9H2,1H3,(H,16,17). The van der Waals surface area contributed by atoms with Crippen molar-refractivity contribution in [3.63, 3.8) is 0 Å². The predicted molar refractivity (Wildman–Crippen MR) is 75.0 cm³/mol. The fraction of sp³-hybridized carbons (Fsp3) is 0.500. The molecule has 1 aromatic carbocycles. The Hall–Kier alpha value is -1.07. The molecule has 1 heterocycles. The minimum Gasteiger partial charge on any atom is -0.388 e. The van der Waals surface area contributed by atoms with Crippen LogP contribution < -0.4 is 5.32 Å². The Morgan fingerprint density at radius 3 is 2.84 bits per heavy atom. The van der Waals surface area contributed by atoms with E-state index < -0.39 is 17.3 Å². The summed E-state index contributed by atoms with van der Waals surface area (Å²) in [6.45, 7) is 1.99. The number of nitrogens with one attached hydrogen (secondary N) is 1. The van der Waals surface area contributed by atoms with Gasteiger partial charge in [0.2, 0.25) is 0 Å². The molecule has 0 atom stereocenters. The lowest BCUT2D eigenvalue weighted by Crippen LogP contribution is -2.45. The second-order valence-electron chi connectivity index (χ2n) is 5.00. The van der Waals surface area contributed by atoms with Crippen LogP contribution in [-0.4, -0.2) is 34.7 Å². The van der Waals surface area contributed by atoms with Gasteiger partial charge < -0.3 is 10.4 Å². The van der Waals surface area contributed by atoms with E-state index >= 15 is 0 Å². The van der Waals surface area contributed by atoms with Gasteiger partial charge in [-0.2, -0.15) is 11.8 Å². The van der Waals surface area contributed by atoms with Gasteiger partial charge in [0.25, 0.3) is 5.91 Å². The van der Waals surface area contributed by atoms with Crippen LogP contribution >= 0.6 is 11.8 Å². The fourth-order valence-corrected chi connectivity index (χ4v) is 3.33. The maximum absolute atomic E-state index is 13.6. The van der Waals surface area contributed by atoms with Crippen molar-refractivity contribution < 1.29 is 14.3 Å². The first kappa shape index (κ1) is 14.3. The van der Waals surface area contributed by atoms with Crippen LogP contribution in [0.4, 0.5) is 4.39 Å². The summed E-state index contributed by atoms with van der Waals surface area (Å²) in [6.07, 6.45) is 1.32. The minimum absolute atomic E-state index is 0.0359.